The van der Waals surface area contributed by atoms with Gasteiger partial charge in [-0.1, -0.05) is 11.6 Å². The Morgan fingerprint density at radius 3 is 1.97 bits per heavy atom. The summed E-state index contributed by atoms with van der Waals surface area (Å²) >= 11 is 0. The number of carboxylic acid groups (broad SMARTS) is 2. The van der Waals surface area contributed by atoms with E-state index in [4.69, 9.17) is 14.6 Å². The van der Waals surface area contributed by atoms with Gasteiger partial charge in [0.1, 0.15) is 18.1 Å². The Kier molecular flexibility index (Phi) is 7.15. The van der Waals surface area contributed by atoms with Crippen molar-refractivity contribution in [1.82, 2.24) is 9.80 Å². The van der Waals surface area contributed by atoms with Crippen LogP contribution in [0, 0.1) is 29.6 Å². The fourth-order valence-electron chi connectivity index (χ4n) is 6.90. The minimum atomic E-state index is -1.03. The van der Waals surface area contributed by atoms with Gasteiger partial charge in [0.05, 0.1) is 29.6 Å². The number of carbonyl (C=O) groups excluding carboxylic acids is 4. The number of aliphatic hydroxyl groups is 1. The number of aliphatic carboxylic acids is 2. The Labute approximate surface area is 223 Å². The Hall–Kier alpha value is -3.80. The van der Waals surface area contributed by atoms with Crippen LogP contribution in [-0.4, -0.2) is 73.8 Å². The van der Waals surface area contributed by atoms with E-state index in [1.54, 1.807) is 12.1 Å². The lowest BCUT2D eigenvalue weighted by molar-refractivity contribution is -0.143. The molecule has 4 aliphatic rings. The van der Waals surface area contributed by atoms with Crippen LogP contribution in [-0.2, 0) is 35.4 Å². The number of carboxylic acids is 2. The van der Waals surface area contributed by atoms with E-state index in [1.807, 2.05) is 6.08 Å². The first-order chi connectivity index (χ1) is 18.6. The third-order valence-electron chi connectivity index (χ3n) is 8.52. The van der Waals surface area contributed by atoms with E-state index in [0.717, 1.165) is 15.4 Å². The van der Waals surface area contributed by atoms with Gasteiger partial charge in [-0.2, -0.15) is 0 Å². The normalized spacial score (nSPS) is 29.8. The number of hydrogen-bond acceptors (Lipinski definition) is 8. The first kappa shape index (κ1) is 26.8. The van der Waals surface area contributed by atoms with Crippen LogP contribution >= 0.6 is 0 Å². The highest BCUT2D eigenvalue weighted by molar-refractivity contribution is 6.08. The molecule has 2 aliphatic carbocycles. The zero-order valence-electron chi connectivity index (χ0n) is 21.2. The number of imide groups is 2. The van der Waals surface area contributed by atoms with Crippen molar-refractivity contribution in [3.63, 3.8) is 0 Å². The van der Waals surface area contributed by atoms with E-state index in [0.29, 0.717) is 5.76 Å². The Morgan fingerprint density at radius 2 is 1.41 bits per heavy atom. The third-order valence-corrected chi connectivity index (χ3v) is 8.52. The molecule has 3 fully saturated rings. The van der Waals surface area contributed by atoms with Crippen LogP contribution in [0.3, 0.4) is 0 Å². The number of hydrogen-bond donors (Lipinski definition) is 3. The summed E-state index contributed by atoms with van der Waals surface area (Å²) in [6.45, 7) is -0.393. The lowest BCUT2D eigenvalue weighted by atomic mass is 9.58. The molecular formula is C27H30N2O10. The highest BCUT2D eigenvalue weighted by Crippen LogP contribution is 2.58. The number of furan rings is 1. The zero-order valence-corrected chi connectivity index (χ0v) is 21.2. The number of nitrogens with zero attached hydrogens (tertiary/aromatic N) is 2. The van der Waals surface area contributed by atoms with Crippen LogP contribution in [0.5, 0.6) is 0 Å². The van der Waals surface area contributed by atoms with Crippen LogP contribution in [0.1, 0.15) is 56.0 Å². The van der Waals surface area contributed by atoms with E-state index in [9.17, 15) is 33.9 Å². The molecule has 0 radical (unpaired) electrons. The van der Waals surface area contributed by atoms with Crippen molar-refractivity contribution in [3.05, 3.63) is 35.3 Å². The molecule has 0 unspecified atom stereocenters. The summed E-state index contributed by atoms with van der Waals surface area (Å²) in [5.41, 5.74) is 0.749. The molecule has 0 aromatic carbocycles. The van der Waals surface area contributed by atoms with Gasteiger partial charge >= 0.3 is 11.9 Å². The van der Waals surface area contributed by atoms with Gasteiger partial charge in [-0.3, -0.25) is 38.6 Å². The van der Waals surface area contributed by atoms with E-state index >= 15 is 0 Å². The SMILES string of the molecule is O=C(O)CCCN1C(=O)[C@H]2[C@H](CC=C3[C@H]2C[C@H]2C(=O)N(CCCC(=O)O)C(=O)[C@H]2[C@H]3c2ccc(CO)o2)C1=O. The second-order valence-electron chi connectivity index (χ2n) is 10.6. The Morgan fingerprint density at radius 1 is 0.821 bits per heavy atom. The lowest BCUT2D eigenvalue weighted by Crippen LogP contribution is -2.43. The number of fused-ring (bicyclic) bond motifs is 4. The first-order valence-corrected chi connectivity index (χ1v) is 13.2. The largest absolute Gasteiger partial charge is 0.481 e. The number of rotatable bonds is 10. The highest BCUT2D eigenvalue weighted by Gasteiger charge is 2.62. The zero-order chi connectivity index (χ0) is 28.0. The maximum Gasteiger partial charge on any atom is 0.303 e. The van der Waals surface area contributed by atoms with E-state index in [1.165, 1.54) is 0 Å². The van der Waals surface area contributed by atoms with E-state index < -0.39 is 65.2 Å². The molecule has 5 rings (SSSR count). The number of amides is 4. The van der Waals surface area contributed by atoms with Gasteiger partial charge in [0.2, 0.25) is 23.6 Å². The van der Waals surface area contributed by atoms with Crippen LogP contribution in [0.15, 0.2) is 28.2 Å². The van der Waals surface area contributed by atoms with Gasteiger partial charge in [-0.15, -0.1) is 0 Å². The summed E-state index contributed by atoms with van der Waals surface area (Å²) in [6, 6.07) is 3.23. The molecular weight excluding hydrogens is 512 g/mol. The summed E-state index contributed by atoms with van der Waals surface area (Å²) in [4.78, 5) is 78.0. The van der Waals surface area contributed by atoms with Crippen molar-refractivity contribution in [3.8, 4) is 0 Å². The average Bonchev–Trinajstić information content (AvgIpc) is 3.54. The predicted molar refractivity (Wildman–Crippen MR) is 129 cm³/mol. The highest BCUT2D eigenvalue weighted by atomic mass is 16.4. The van der Waals surface area contributed by atoms with Gasteiger partial charge in [0.15, 0.2) is 0 Å². The smallest absolute Gasteiger partial charge is 0.303 e. The molecule has 1 aromatic heterocycles. The third kappa shape index (κ3) is 4.56. The fourth-order valence-corrected chi connectivity index (χ4v) is 6.90. The maximum absolute atomic E-state index is 13.6. The molecule has 0 bridgehead atoms. The summed E-state index contributed by atoms with van der Waals surface area (Å²) < 4.78 is 5.85. The standard InChI is InChI=1S/C27H30N2O10/c30-12-13-5-8-18(39-13)22-14-6-7-15-21(26(37)28(24(15)35)9-1-3-19(31)32)16(14)11-17-23(22)27(38)29(25(17)36)10-2-4-20(33)34/h5-6,8,15-17,21-23,30H,1-4,7,9-12H2,(H,31,32)(H,33,34)/t15-,16+,17+,21-,22+,23+/m0/s1. The van der Waals surface area contributed by atoms with Crippen LogP contribution < -0.4 is 0 Å². The quantitative estimate of drug-likeness (QED) is 0.286. The van der Waals surface area contributed by atoms with Crippen molar-refractivity contribution in [1.29, 1.82) is 0 Å². The Bertz CT molecular complexity index is 1260. The second kappa shape index (κ2) is 10.4. The molecule has 2 saturated heterocycles. The number of carbonyl (C=O) groups is 6. The summed E-state index contributed by atoms with van der Waals surface area (Å²) in [7, 11) is 0. The van der Waals surface area contributed by atoms with Crippen LogP contribution in [0.4, 0.5) is 0 Å². The molecule has 3 heterocycles. The average molecular weight is 543 g/mol. The molecule has 3 N–H and O–H groups in total. The van der Waals surface area contributed by atoms with Gasteiger partial charge in [-0.25, -0.2) is 0 Å². The molecule has 39 heavy (non-hydrogen) atoms. The Balaban J connectivity index is 1.48. The van der Waals surface area contributed by atoms with Crippen LogP contribution in [0.2, 0.25) is 0 Å². The second-order valence-corrected chi connectivity index (χ2v) is 10.6. The molecule has 6 atom stereocenters. The molecule has 4 amide bonds. The number of aliphatic hydroxyl groups excluding tert-OH is 1. The minimum Gasteiger partial charge on any atom is -0.481 e. The molecule has 2 aliphatic heterocycles. The molecule has 208 valence electrons. The summed E-state index contributed by atoms with van der Waals surface area (Å²) in [5.74, 6) is -7.12. The van der Waals surface area contributed by atoms with E-state index in [-0.39, 0.29) is 69.9 Å². The van der Waals surface area contributed by atoms with Gasteiger partial charge in [-0.05, 0) is 43.7 Å². The topological polar surface area (TPSA) is 183 Å². The monoisotopic (exact) mass is 542 g/mol. The van der Waals surface area contributed by atoms with Crippen molar-refractivity contribution in [2.45, 2.75) is 51.0 Å². The minimum absolute atomic E-state index is 0.00131. The summed E-state index contributed by atoms with van der Waals surface area (Å²) in [6.07, 6.45) is 2.20. The van der Waals surface area contributed by atoms with Crippen molar-refractivity contribution in [2.75, 3.05) is 13.1 Å². The maximum atomic E-state index is 13.6. The van der Waals surface area contributed by atoms with Gasteiger partial charge in [0, 0.05) is 25.9 Å². The molecule has 1 saturated carbocycles. The summed E-state index contributed by atoms with van der Waals surface area (Å²) in [5, 5.41) is 27.5. The van der Waals surface area contributed by atoms with Crippen molar-refractivity contribution in [2.24, 2.45) is 29.6 Å². The fraction of sp³-hybridized carbons (Fsp3) is 0.556. The lowest BCUT2D eigenvalue weighted by Gasteiger charge is -2.43. The van der Waals surface area contributed by atoms with Gasteiger partial charge in [0.25, 0.3) is 0 Å². The van der Waals surface area contributed by atoms with Crippen molar-refractivity contribution < 1.29 is 48.5 Å². The molecule has 1 aromatic rings. The van der Waals surface area contributed by atoms with Crippen molar-refractivity contribution >= 4 is 35.6 Å². The van der Waals surface area contributed by atoms with E-state index in [2.05, 4.69) is 0 Å². The molecule has 12 nitrogen and oxygen atoms in total. The number of likely N-dealkylation sites (tertiary alicyclic amines) is 2. The predicted octanol–water partition coefficient (Wildman–Crippen LogP) is 1.14. The molecule has 0 spiro atoms. The molecule has 12 heteroatoms. The van der Waals surface area contributed by atoms with Crippen LogP contribution in [0.25, 0.3) is 0 Å². The number of allylic oxidation sites excluding steroid dienone is 2. The van der Waals surface area contributed by atoms with Gasteiger partial charge < -0.3 is 19.7 Å². The first-order valence-electron chi connectivity index (χ1n) is 13.2.